The number of benzene rings is 2. The van der Waals surface area contributed by atoms with Crippen LogP contribution in [0.2, 0.25) is 0 Å². The van der Waals surface area contributed by atoms with Gasteiger partial charge in [0.1, 0.15) is 5.65 Å². The number of alkyl halides is 2. The molecular weight excluding hydrogens is 452 g/mol. The lowest BCUT2D eigenvalue weighted by Gasteiger charge is -2.13. The smallest absolute Gasteiger partial charge is 0.387 e. The fourth-order valence-corrected chi connectivity index (χ4v) is 4.14. The summed E-state index contributed by atoms with van der Waals surface area (Å²) in [5.41, 5.74) is 0.751. The van der Waals surface area contributed by atoms with E-state index < -0.39 is 23.3 Å². The molecule has 3 heterocycles. The predicted octanol–water partition coefficient (Wildman–Crippen LogP) is 4.48. The number of phenolic OH excluding ortho intramolecular Hbond substituents is 1. The molecule has 0 spiro atoms. The van der Waals surface area contributed by atoms with Crippen LogP contribution >= 0.6 is 0 Å². The summed E-state index contributed by atoms with van der Waals surface area (Å²) in [4.78, 5) is 28.2. The van der Waals surface area contributed by atoms with E-state index in [0.29, 0.717) is 27.7 Å². The summed E-state index contributed by atoms with van der Waals surface area (Å²) in [6.07, 6.45) is 0. The minimum atomic E-state index is -3.05. The van der Waals surface area contributed by atoms with Gasteiger partial charge in [-0.1, -0.05) is 6.07 Å². The lowest BCUT2D eigenvalue weighted by Crippen LogP contribution is -2.07. The lowest BCUT2D eigenvalue weighted by molar-refractivity contribution is -0.0512. The maximum Gasteiger partial charge on any atom is 0.387 e. The highest BCUT2D eigenvalue weighted by molar-refractivity contribution is 6.15. The first-order valence-electron chi connectivity index (χ1n) is 10.3. The molecule has 5 aromatic rings. The summed E-state index contributed by atoms with van der Waals surface area (Å²) in [5, 5.41) is 13.8. The number of halogens is 2. The van der Waals surface area contributed by atoms with E-state index in [1.54, 1.807) is 4.68 Å². The van der Waals surface area contributed by atoms with Gasteiger partial charge < -0.3 is 24.0 Å². The van der Waals surface area contributed by atoms with Gasteiger partial charge in [-0.2, -0.15) is 8.78 Å². The average molecular weight is 471 g/mol. The standard InChI is InChI=1S/C23H19F2N3O6/c1-9(2)28-21-16(22(31)27-28)15(10-4-7-13(33-23(24)25)14(8-10)32-3)20-17(26-21)11-5-6-12(29)18(30)19(11)34-20/h4-9,23,26,30H,1-3H3,(H,27,31). The Morgan fingerprint density at radius 1 is 1.09 bits per heavy atom. The molecule has 3 N–H and O–H groups in total. The summed E-state index contributed by atoms with van der Waals surface area (Å²) in [6.45, 7) is 0.720. The second kappa shape index (κ2) is 7.65. The topological polar surface area (TPSA) is 122 Å². The SMILES string of the molecule is COc1cc(-c2c3oc4c(O)c(=O)ccc4c3[nH]c3c2c(=O)[nH]n3C(C)C)ccc1OC(F)F. The molecule has 0 amide bonds. The predicted molar refractivity (Wildman–Crippen MR) is 121 cm³/mol. The Hall–Kier alpha value is -4.28. The van der Waals surface area contributed by atoms with Crippen molar-refractivity contribution in [2.45, 2.75) is 26.5 Å². The first kappa shape index (κ1) is 21.6. The molecule has 0 aliphatic heterocycles. The van der Waals surface area contributed by atoms with E-state index >= 15 is 0 Å². The fourth-order valence-electron chi connectivity index (χ4n) is 4.14. The number of hydrogen-bond donors (Lipinski definition) is 3. The Labute approximate surface area is 189 Å². The van der Waals surface area contributed by atoms with E-state index in [4.69, 9.17) is 9.15 Å². The minimum absolute atomic E-state index is 0.0208. The monoisotopic (exact) mass is 471 g/mol. The number of aromatic hydroxyl groups is 1. The third-order valence-electron chi connectivity index (χ3n) is 5.63. The molecule has 3 aromatic heterocycles. The maximum absolute atomic E-state index is 13.1. The molecule has 2 aromatic carbocycles. The van der Waals surface area contributed by atoms with Gasteiger partial charge in [0.25, 0.3) is 5.56 Å². The van der Waals surface area contributed by atoms with Crippen molar-refractivity contribution in [1.29, 1.82) is 0 Å². The molecule has 176 valence electrons. The van der Waals surface area contributed by atoms with Crippen LogP contribution in [0.4, 0.5) is 8.78 Å². The van der Waals surface area contributed by atoms with Crippen LogP contribution in [0.5, 0.6) is 17.2 Å². The Morgan fingerprint density at radius 3 is 2.53 bits per heavy atom. The largest absolute Gasteiger partial charge is 0.502 e. The van der Waals surface area contributed by atoms with Gasteiger partial charge in [0.15, 0.2) is 22.7 Å². The number of fused-ring (bicyclic) bond motifs is 4. The molecule has 0 atom stereocenters. The highest BCUT2D eigenvalue weighted by Crippen LogP contribution is 2.42. The second-order valence-electron chi connectivity index (χ2n) is 7.97. The van der Waals surface area contributed by atoms with Crippen LogP contribution in [0.15, 0.2) is 44.3 Å². The van der Waals surface area contributed by atoms with E-state index in [2.05, 4.69) is 14.8 Å². The van der Waals surface area contributed by atoms with Crippen molar-refractivity contribution < 1.29 is 27.8 Å². The van der Waals surface area contributed by atoms with Crippen LogP contribution in [0, 0.1) is 0 Å². The quantitative estimate of drug-likeness (QED) is 0.347. The molecule has 0 radical (unpaired) electrons. The van der Waals surface area contributed by atoms with Crippen LogP contribution in [0.25, 0.3) is 44.2 Å². The van der Waals surface area contributed by atoms with Crippen molar-refractivity contribution in [2.75, 3.05) is 7.11 Å². The summed E-state index contributed by atoms with van der Waals surface area (Å²) >= 11 is 0. The molecule has 9 nitrogen and oxygen atoms in total. The van der Waals surface area contributed by atoms with Crippen molar-refractivity contribution in [3.63, 3.8) is 0 Å². The lowest BCUT2D eigenvalue weighted by atomic mass is 10.0. The van der Waals surface area contributed by atoms with Crippen molar-refractivity contribution in [1.82, 2.24) is 14.8 Å². The zero-order valence-electron chi connectivity index (χ0n) is 18.2. The first-order valence-corrected chi connectivity index (χ1v) is 10.3. The molecule has 0 bridgehead atoms. The molecule has 34 heavy (non-hydrogen) atoms. The van der Waals surface area contributed by atoms with Crippen LogP contribution < -0.4 is 20.5 Å². The van der Waals surface area contributed by atoms with E-state index in [1.165, 1.54) is 37.4 Å². The van der Waals surface area contributed by atoms with Gasteiger partial charge >= 0.3 is 6.61 Å². The number of aromatic nitrogens is 3. The van der Waals surface area contributed by atoms with E-state index in [0.717, 1.165) is 0 Å². The van der Waals surface area contributed by atoms with Crippen LogP contribution in [-0.4, -0.2) is 33.6 Å². The van der Waals surface area contributed by atoms with Crippen molar-refractivity contribution >= 4 is 33.1 Å². The van der Waals surface area contributed by atoms with Crippen molar-refractivity contribution in [3.05, 3.63) is 50.9 Å². The van der Waals surface area contributed by atoms with Crippen LogP contribution in [0.3, 0.4) is 0 Å². The fraction of sp³-hybridized carbons (Fsp3) is 0.217. The Balaban J connectivity index is 1.95. The number of nitrogens with zero attached hydrogens (tertiary/aromatic N) is 1. The second-order valence-corrected chi connectivity index (χ2v) is 7.97. The number of phenols is 1. The van der Waals surface area contributed by atoms with Crippen LogP contribution in [-0.2, 0) is 0 Å². The van der Waals surface area contributed by atoms with Gasteiger partial charge in [-0.3, -0.25) is 19.4 Å². The van der Waals surface area contributed by atoms with Gasteiger partial charge in [0, 0.05) is 17.0 Å². The molecule has 0 saturated carbocycles. The number of ether oxygens (including phenoxy) is 2. The molecule has 0 fully saturated rings. The summed E-state index contributed by atoms with van der Waals surface area (Å²) in [5.74, 6) is -0.716. The van der Waals surface area contributed by atoms with Gasteiger partial charge in [-0.05, 0) is 43.7 Å². The third kappa shape index (κ3) is 3.11. The average Bonchev–Trinajstić information content (AvgIpc) is 3.33. The van der Waals surface area contributed by atoms with E-state index in [1.807, 2.05) is 13.8 Å². The summed E-state index contributed by atoms with van der Waals surface area (Å²) < 4.78 is 42.9. The Bertz CT molecular complexity index is 1690. The third-order valence-corrected chi connectivity index (χ3v) is 5.63. The van der Waals surface area contributed by atoms with Gasteiger partial charge in [-0.15, -0.1) is 0 Å². The first-order chi connectivity index (χ1) is 16.2. The van der Waals surface area contributed by atoms with Gasteiger partial charge in [-0.25, -0.2) is 0 Å². The number of methoxy groups -OCH3 is 1. The molecule has 0 aliphatic carbocycles. The van der Waals surface area contributed by atoms with Crippen LogP contribution in [0.1, 0.15) is 19.9 Å². The molecule has 0 aliphatic rings. The highest BCUT2D eigenvalue weighted by atomic mass is 19.3. The molecule has 11 heteroatoms. The number of aromatic amines is 2. The Kier molecular flexibility index (Phi) is 4.85. The van der Waals surface area contributed by atoms with E-state index in [9.17, 15) is 23.5 Å². The Morgan fingerprint density at radius 2 is 1.85 bits per heavy atom. The summed E-state index contributed by atoms with van der Waals surface area (Å²) in [6, 6.07) is 6.86. The summed E-state index contributed by atoms with van der Waals surface area (Å²) in [7, 11) is 1.30. The highest BCUT2D eigenvalue weighted by Gasteiger charge is 2.25. The van der Waals surface area contributed by atoms with Crippen molar-refractivity contribution in [2.24, 2.45) is 0 Å². The molecule has 5 rings (SSSR count). The van der Waals surface area contributed by atoms with Crippen molar-refractivity contribution in [3.8, 4) is 28.4 Å². The maximum atomic E-state index is 13.1. The van der Waals surface area contributed by atoms with Gasteiger partial charge in [0.2, 0.25) is 11.2 Å². The normalized spacial score (nSPS) is 12.0. The number of pyridine rings is 1. The van der Waals surface area contributed by atoms with Gasteiger partial charge in [0.05, 0.1) is 18.0 Å². The number of rotatable bonds is 5. The zero-order chi connectivity index (χ0) is 24.3. The molecule has 0 saturated heterocycles. The zero-order valence-corrected chi connectivity index (χ0v) is 18.2. The number of hydrogen-bond acceptors (Lipinski definition) is 6. The number of furan rings is 1. The molecular formula is C23H19F2N3O6. The van der Waals surface area contributed by atoms with E-state index in [-0.39, 0.29) is 34.1 Å². The number of nitrogens with one attached hydrogen (secondary N) is 2. The number of H-pyrrole nitrogens is 2. The molecule has 0 unspecified atom stereocenters. The minimum Gasteiger partial charge on any atom is -0.502 e.